The van der Waals surface area contributed by atoms with Crippen molar-refractivity contribution in [1.82, 2.24) is 20.2 Å². The zero-order valence-electron chi connectivity index (χ0n) is 10.0. The van der Waals surface area contributed by atoms with Crippen molar-refractivity contribution in [2.24, 2.45) is 0 Å². The van der Waals surface area contributed by atoms with Crippen molar-refractivity contribution >= 4 is 5.97 Å². The van der Waals surface area contributed by atoms with Crippen molar-refractivity contribution in [3.05, 3.63) is 41.2 Å². The van der Waals surface area contributed by atoms with Crippen LogP contribution in [0.2, 0.25) is 0 Å². The van der Waals surface area contributed by atoms with Gasteiger partial charge in [0.15, 0.2) is 0 Å². The van der Waals surface area contributed by atoms with Gasteiger partial charge in [-0.1, -0.05) is 6.07 Å². The number of esters is 1. The van der Waals surface area contributed by atoms with E-state index in [1.165, 1.54) is 6.07 Å². The molecule has 1 heterocycles. The largest absolute Gasteiger partial charge is 0.460 e. The van der Waals surface area contributed by atoms with Gasteiger partial charge in [-0.2, -0.15) is 0 Å². The molecule has 0 amide bonds. The lowest BCUT2D eigenvalue weighted by Crippen LogP contribution is -2.15. The van der Waals surface area contributed by atoms with Crippen molar-refractivity contribution < 1.29 is 18.3 Å². The first-order chi connectivity index (χ1) is 9.11. The first-order valence-electron chi connectivity index (χ1n) is 5.49. The fraction of sp³-hybridized carbons (Fsp3) is 0.273. The molecule has 0 N–H and O–H groups in total. The van der Waals surface area contributed by atoms with Gasteiger partial charge in [0.05, 0.1) is 13.2 Å². The second-order valence-electron chi connectivity index (χ2n) is 3.62. The lowest BCUT2D eigenvalue weighted by Gasteiger charge is -2.05. The van der Waals surface area contributed by atoms with Crippen LogP contribution >= 0.6 is 0 Å². The molecule has 0 aliphatic heterocycles. The molecule has 0 saturated carbocycles. The van der Waals surface area contributed by atoms with Crippen LogP contribution in [0, 0.1) is 11.6 Å². The van der Waals surface area contributed by atoms with Gasteiger partial charge < -0.3 is 4.74 Å². The number of aromatic nitrogens is 4. The number of halogens is 2. The summed E-state index contributed by atoms with van der Waals surface area (Å²) in [5, 5.41) is 10.4. The predicted octanol–water partition coefficient (Wildman–Crippen LogP) is 1.18. The van der Waals surface area contributed by atoms with Gasteiger partial charge in [-0.25, -0.2) is 18.3 Å². The summed E-state index contributed by atoms with van der Waals surface area (Å²) in [5.74, 6) is -2.24. The summed E-state index contributed by atoms with van der Waals surface area (Å²) in [6, 6.07) is 3.14. The van der Waals surface area contributed by atoms with E-state index in [-0.39, 0.29) is 24.5 Å². The Bertz CT molecular complexity index is 600. The summed E-state index contributed by atoms with van der Waals surface area (Å²) < 4.78 is 32.1. The molecular weight excluding hydrogens is 258 g/mol. The standard InChI is InChI=1S/C11H10F2N4O2/c1-2-19-11(18)10-14-15-16-17(10)6-7-3-4-8(12)5-9(7)13/h3-5H,2,6H2,1H3. The van der Waals surface area contributed by atoms with Gasteiger partial charge >= 0.3 is 5.97 Å². The van der Waals surface area contributed by atoms with Crippen LogP contribution in [0.15, 0.2) is 18.2 Å². The topological polar surface area (TPSA) is 69.9 Å². The lowest BCUT2D eigenvalue weighted by atomic mass is 10.2. The molecule has 0 atom stereocenters. The molecule has 0 spiro atoms. The minimum absolute atomic E-state index is 0.0900. The molecule has 6 nitrogen and oxygen atoms in total. The molecule has 8 heteroatoms. The van der Waals surface area contributed by atoms with Gasteiger partial charge in [0, 0.05) is 11.6 Å². The summed E-state index contributed by atoms with van der Waals surface area (Å²) in [6.07, 6.45) is 0. The maximum atomic E-state index is 13.5. The molecule has 1 aromatic carbocycles. The Morgan fingerprint density at radius 2 is 2.21 bits per heavy atom. The molecule has 0 fully saturated rings. The Hall–Kier alpha value is -2.38. The highest BCUT2D eigenvalue weighted by Gasteiger charge is 2.17. The Kier molecular flexibility index (Phi) is 3.79. The molecule has 0 unspecified atom stereocenters. The lowest BCUT2D eigenvalue weighted by molar-refractivity contribution is 0.0505. The van der Waals surface area contributed by atoms with Crippen LogP contribution in [0.4, 0.5) is 8.78 Å². The highest BCUT2D eigenvalue weighted by Crippen LogP contribution is 2.11. The van der Waals surface area contributed by atoms with Gasteiger partial charge in [0.1, 0.15) is 11.6 Å². The zero-order valence-corrected chi connectivity index (χ0v) is 10.0. The number of carbonyl (C=O) groups excluding carboxylic acids is 1. The van der Waals surface area contributed by atoms with Crippen molar-refractivity contribution in [2.75, 3.05) is 6.61 Å². The van der Waals surface area contributed by atoms with Crippen molar-refractivity contribution in [3.63, 3.8) is 0 Å². The molecule has 0 aliphatic rings. The first-order valence-corrected chi connectivity index (χ1v) is 5.49. The molecule has 0 aliphatic carbocycles. The van der Waals surface area contributed by atoms with Gasteiger partial charge in [0.25, 0.3) is 5.82 Å². The van der Waals surface area contributed by atoms with Crippen LogP contribution in [0.1, 0.15) is 23.1 Å². The number of carbonyl (C=O) groups is 1. The number of benzene rings is 1. The molecule has 0 bridgehead atoms. The Balaban J connectivity index is 2.24. The Morgan fingerprint density at radius 3 is 2.89 bits per heavy atom. The van der Waals surface area contributed by atoms with E-state index in [1.54, 1.807) is 6.92 Å². The number of ether oxygens (including phenoxy) is 1. The first kappa shape index (κ1) is 13.1. The molecule has 100 valence electrons. The normalized spacial score (nSPS) is 10.5. The SMILES string of the molecule is CCOC(=O)c1nnnn1Cc1ccc(F)cc1F. The average Bonchev–Trinajstić information content (AvgIpc) is 2.81. The smallest absolute Gasteiger partial charge is 0.378 e. The van der Waals surface area contributed by atoms with E-state index in [2.05, 4.69) is 15.5 Å². The van der Waals surface area contributed by atoms with Crippen LogP contribution in [0.5, 0.6) is 0 Å². The second kappa shape index (κ2) is 5.51. The number of hydrogen-bond donors (Lipinski definition) is 0. The third-order valence-electron chi connectivity index (χ3n) is 2.33. The van der Waals surface area contributed by atoms with Crippen LogP contribution in [0.3, 0.4) is 0 Å². The van der Waals surface area contributed by atoms with Crippen molar-refractivity contribution in [2.45, 2.75) is 13.5 Å². The summed E-state index contributed by atoms with van der Waals surface area (Å²) in [5.41, 5.74) is 0.166. The van der Waals surface area contributed by atoms with E-state index in [1.807, 2.05) is 0 Å². The van der Waals surface area contributed by atoms with Crippen LogP contribution in [-0.4, -0.2) is 32.8 Å². The van der Waals surface area contributed by atoms with E-state index in [4.69, 9.17) is 4.74 Å². The second-order valence-corrected chi connectivity index (χ2v) is 3.62. The molecule has 2 aromatic rings. The zero-order chi connectivity index (χ0) is 13.8. The van der Waals surface area contributed by atoms with Crippen molar-refractivity contribution in [3.8, 4) is 0 Å². The highest BCUT2D eigenvalue weighted by molar-refractivity contribution is 5.85. The average molecular weight is 268 g/mol. The van der Waals surface area contributed by atoms with Gasteiger partial charge in [-0.15, -0.1) is 5.10 Å². The summed E-state index contributed by atoms with van der Waals surface area (Å²) in [7, 11) is 0. The Labute approximate surface area is 107 Å². The molecule has 0 saturated heterocycles. The highest BCUT2D eigenvalue weighted by atomic mass is 19.1. The van der Waals surface area contributed by atoms with E-state index in [0.717, 1.165) is 16.8 Å². The molecular formula is C11H10F2N4O2. The third kappa shape index (κ3) is 2.90. The maximum absolute atomic E-state index is 13.5. The fourth-order valence-electron chi connectivity index (χ4n) is 1.46. The summed E-state index contributed by atoms with van der Waals surface area (Å²) in [6.45, 7) is 1.73. The Morgan fingerprint density at radius 1 is 1.42 bits per heavy atom. The van der Waals surface area contributed by atoms with Gasteiger partial charge in [-0.05, 0) is 23.4 Å². The molecule has 2 rings (SSSR count). The van der Waals surface area contributed by atoms with Crippen LogP contribution in [-0.2, 0) is 11.3 Å². The van der Waals surface area contributed by atoms with Crippen molar-refractivity contribution in [1.29, 1.82) is 0 Å². The summed E-state index contributed by atoms with van der Waals surface area (Å²) >= 11 is 0. The fourth-order valence-corrected chi connectivity index (χ4v) is 1.46. The molecule has 19 heavy (non-hydrogen) atoms. The van der Waals surface area contributed by atoms with Crippen LogP contribution < -0.4 is 0 Å². The number of rotatable bonds is 4. The van der Waals surface area contributed by atoms with Gasteiger partial charge in [0.2, 0.25) is 0 Å². The third-order valence-corrected chi connectivity index (χ3v) is 2.33. The summed E-state index contributed by atoms with van der Waals surface area (Å²) in [4.78, 5) is 11.5. The minimum atomic E-state index is -0.731. The van der Waals surface area contributed by atoms with E-state index < -0.39 is 17.6 Å². The minimum Gasteiger partial charge on any atom is -0.460 e. The molecule has 0 radical (unpaired) electrons. The van der Waals surface area contributed by atoms with Gasteiger partial charge in [-0.3, -0.25) is 0 Å². The maximum Gasteiger partial charge on any atom is 0.378 e. The van der Waals surface area contributed by atoms with E-state index >= 15 is 0 Å². The number of hydrogen-bond acceptors (Lipinski definition) is 5. The van der Waals surface area contributed by atoms with E-state index in [9.17, 15) is 13.6 Å². The van der Waals surface area contributed by atoms with Crippen LogP contribution in [0.25, 0.3) is 0 Å². The monoisotopic (exact) mass is 268 g/mol. The predicted molar refractivity (Wildman–Crippen MR) is 59.2 cm³/mol. The van der Waals surface area contributed by atoms with E-state index in [0.29, 0.717) is 0 Å². The molecule has 1 aromatic heterocycles. The number of tetrazole rings is 1. The number of nitrogens with zero attached hydrogens (tertiary/aromatic N) is 4. The quantitative estimate of drug-likeness (QED) is 0.779.